The van der Waals surface area contributed by atoms with Crippen LogP contribution < -0.4 is 10.1 Å². The molecule has 2 aromatic carbocycles. The lowest BCUT2D eigenvalue weighted by Gasteiger charge is -2.28. The summed E-state index contributed by atoms with van der Waals surface area (Å²) in [6.45, 7) is 0.201. The number of carbonyl (C=O) groups excluding carboxylic acids is 2. The van der Waals surface area contributed by atoms with E-state index in [1.54, 1.807) is 17.5 Å². The SMILES string of the molecule is O=C(CNC(=O)c1cccs1)OCc1cc(Br)cc2c1O[C@H](c1ccccc1)OC2. The van der Waals surface area contributed by atoms with Crippen molar-refractivity contribution in [2.24, 2.45) is 0 Å². The Morgan fingerprint density at radius 1 is 1.17 bits per heavy atom. The zero-order valence-corrected chi connectivity index (χ0v) is 18.2. The van der Waals surface area contributed by atoms with Crippen molar-refractivity contribution >= 4 is 39.1 Å². The molecule has 0 aliphatic carbocycles. The lowest BCUT2D eigenvalue weighted by molar-refractivity contribution is -0.144. The fourth-order valence-corrected chi connectivity index (χ4v) is 4.21. The zero-order chi connectivity index (χ0) is 20.9. The molecule has 0 saturated heterocycles. The van der Waals surface area contributed by atoms with Gasteiger partial charge in [0.2, 0.25) is 6.29 Å². The van der Waals surface area contributed by atoms with Crippen LogP contribution in [0.15, 0.2) is 64.5 Å². The fourth-order valence-electron chi connectivity index (χ4n) is 3.02. The molecular formula is C22H18BrNO5S. The van der Waals surface area contributed by atoms with E-state index in [9.17, 15) is 9.59 Å². The average molecular weight is 488 g/mol. The number of halogens is 1. The van der Waals surface area contributed by atoms with Crippen LogP contribution >= 0.6 is 27.3 Å². The fraction of sp³-hybridized carbons (Fsp3) is 0.182. The summed E-state index contributed by atoms with van der Waals surface area (Å²) in [5.74, 6) is -0.179. The minimum Gasteiger partial charge on any atom is -0.460 e. The van der Waals surface area contributed by atoms with Gasteiger partial charge in [0, 0.05) is 21.2 Å². The molecule has 2 heterocycles. The standard InChI is InChI=1S/C22H18BrNO5S/c23-17-9-15(12-27-19(25)11-24-21(26)18-7-4-8-30-18)20-16(10-17)13-28-22(29-20)14-5-2-1-3-6-14/h1-10,22H,11-13H2,(H,24,26)/t22-/m1/s1. The third kappa shape index (κ3) is 4.89. The molecule has 3 aromatic rings. The highest BCUT2D eigenvalue weighted by atomic mass is 79.9. The Hall–Kier alpha value is -2.68. The van der Waals surface area contributed by atoms with Gasteiger partial charge in [0.1, 0.15) is 18.9 Å². The Balaban J connectivity index is 1.40. The van der Waals surface area contributed by atoms with E-state index in [4.69, 9.17) is 14.2 Å². The molecule has 6 nitrogen and oxygen atoms in total. The molecule has 30 heavy (non-hydrogen) atoms. The largest absolute Gasteiger partial charge is 0.460 e. The number of hydrogen-bond acceptors (Lipinski definition) is 6. The second-order valence-corrected chi connectivity index (χ2v) is 8.41. The van der Waals surface area contributed by atoms with Crippen molar-refractivity contribution in [3.63, 3.8) is 0 Å². The molecule has 0 bridgehead atoms. The van der Waals surface area contributed by atoms with Crippen LogP contribution in [0, 0.1) is 0 Å². The molecule has 0 fully saturated rings. The molecule has 1 aliphatic rings. The maximum absolute atomic E-state index is 12.1. The predicted octanol–water partition coefficient (Wildman–Crippen LogP) is 4.59. The first-order valence-electron chi connectivity index (χ1n) is 9.22. The smallest absolute Gasteiger partial charge is 0.325 e. The van der Waals surface area contributed by atoms with E-state index in [0.29, 0.717) is 17.2 Å². The Kier molecular flexibility index (Phi) is 6.47. The molecule has 0 unspecified atom stereocenters. The highest BCUT2D eigenvalue weighted by Gasteiger charge is 2.25. The van der Waals surface area contributed by atoms with E-state index >= 15 is 0 Å². The van der Waals surface area contributed by atoms with Crippen LogP contribution in [0.5, 0.6) is 5.75 Å². The maximum atomic E-state index is 12.1. The lowest BCUT2D eigenvalue weighted by atomic mass is 10.1. The number of hydrogen-bond donors (Lipinski definition) is 1. The number of rotatable bonds is 6. The molecule has 0 spiro atoms. The van der Waals surface area contributed by atoms with Gasteiger partial charge in [-0.15, -0.1) is 11.3 Å². The summed E-state index contributed by atoms with van der Waals surface area (Å²) in [5.41, 5.74) is 2.50. The maximum Gasteiger partial charge on any atom is 0.325 e. The third-order valence-electron chi connectivity index (χ3n) is 4.42. The van der Waals surface area contributed by atoms with Crippen LogP contribution in [0.3, 0.4) is 0 Å². The van der Waals surface area contributed by atoms with Crippen molar-refractivity contribution in [1.82, 2.24) is 5.32 Å². The van der Waals surface area contributed by atoms with Crippen molar-refractivity contribution in [3.05, 3.63) is 86.0 Å². The van der Waals surface area contributed by atoms with E-state index in [0.717, 1.165) is 21.2 Å². The number of carbonyl (C=O) groups is 2. The number of amides is 1. The van der Waals surface area contributed by atoms with Crippen LogP contribution in [0.25, 0.3) is 0 Å². The number of fused-ring (bicyclic) bond motifs is 1. The summed E-state index contributed by atoms with van der Waals surface area (Å²) in [7, 11) is 0. The van der Waals surface area contributed by atoms with Gasteiger partial charge in [-0.25, -0.2) is 0 Å². The highest BCUT2D eigenvalue weighted by molar-refractivity contribution is 9.10. The van der Waals surface area contributed by atoms with Crippen molar-refractivity contribution in [2.75, 3.05) is 6.54 Å². The Bertz CT molecular complexity index is 1040. The molecule has 1 aromatic heterocycles. The average Bonchev–Trinajstić information content (AvgIpc) is 3.31. The molecule has 0 radical (unpaired) electrons. The van der Waals surface area contributed by atoms with Gasteiger partial charge in [0.15, 0.2) is 0 Å². The summed E-state index contributed by atoms with van der Waals surface area (Å²) >= 11 is 4.78. The number of esters is 1. The normalized spacial score (nSPS) is 15.0. The van der Waals surface area contributed by atoms with Gasteiger partial charge < -0.3 is 19.5 Å². The number of ether oxygens (including phenoxy) is 3. The molecule has 0 saturated carbocycles. The molecule has 1 aliphatic heterocycles. The first-order valence-corrected chi connectivity index (χ1v) is 10.9. The van der Waals surface area contributed by atoms with Gasteiger partial charge in [-0.3, -0.25) is 9.59 Å². The van der Waals surface area contributed by atoms with Crippen molar-refractivity contribution in [2.45, 2.75) is 19.5 Å². The first-order chi connectivity index (χ1) is 14.6. The Morgan fingerprint density at radius 3 is 2.77 bits per heavy atom. The van der Waals surface area contributed by atoms with Crippen LogP contribution in [0.4, 0.5) is 0 Å². The van der Waals surface area contributed by atoms with E-state index in [-0.39, 0.29) is 19.1 Å². The molecule has 1 atom stereocenters. The van der Waals surface area contributed by atoms with E-state index < -0.39 is 12.3 Å². The summed E-state index contributed by atoms with van der Waals surface area (Å²) in [5, 5.41) is 4.36. The highest BCUT2D eigenvalue weighted by Crippen LogP contribution is 2.38. The topological polar surface area (TPSA) is 73.9 Å². The summed E-state index contributed by atoms with van der Waals surface area (Å²) in [6.07, 6.45) is -0.528. The molecule has 4 rings (SSSR count). The lowest BCUT2D eigenvalue weighted by Crippen LogP contribution is -2.30. The van der Waals surface area contributed by atoms with E-state index in [1.807, 2.05) is 42.5 Å². The van der Waals surface area contributed by atoms with Gasteiger partial charge >= 0.3 is 5.97 Å². The molecule has 8 heteroatoms. The minimum atomic E-state index is -0.528. The zero-order valence-electron chi connectivity index (χ0n) is 15.8. The molecular weight excluding hydrogens is 470 g/mol. The second kappa shape index (κ2) is 9.42. The predicted molar refractivity (Wildman–Crippen MR) is 115 cm³/mol. The van der Waals surface area contributed by atoms with Gasteiger partial charge in [0.05, 0.1) is 11.5 Å². The number of thiophene rings is 1. The van der Waals surface area contributed by atoms with Crippen LogP contribution in [0.2, 0.25) is 0 Å². The molecule has 1 amide bonds. The van der Waals surface area contributed by atoms with Gasteiger partial charge in [0.25, 0.3) is 5.91 Å². The summed E-state index contributed by atoms with van der Waals surface area (Å²) in [6, 6.07) is 16.9. The Morgan fingerprint density at radius 2 is 2.00 bits per heavy atom. The van der Waals surface area contributed by atoms with Crippen LogP contribution in [-0.2, 0) is 27.5 Å². The molecule has 1 N–H and O–H groups in total. The third-order valence-corrected chi connectivity index (χ3v) is 5.75. The van der Waals surface area contributed by atoms with Crippen molar-refractivity contribution in [3.8, 4) is 5.75 Å². The van der Waals surface area contributed by atoms with E-state index in [2.05, 4.69) is 21.2 Å². The van der Waals surface area contributed by atoms with Crippen molar-refractivity contribution < 1.29 is 23.8 Å². The van der Waals surface area contributed by atoms with Crippen LogP contribution in [0.1, 0.15) is 32.7 Å². The van der Waals surface area contributed by atoms with Crippen LogP contribution in [-0.4, -0.2) is 18.4 Å². The van der Waals surface area contributed by atoms with Gasteiger partial charge in [-0.2, -0.15) is 0 Å². The number of nitrogens with one attached hydrogen (secondary N) is 1. The van der Waals surface area contributed by atoms with Gasteiger partial charge in [-0.05, 0) is 23.6 Å². The molecule has 154 valence electrons. The second-order valence-electron chi connectivity index (χ2n) is 6.55. The Labute approximate surface area is 185 Å². The minimum absolute atomic E-state index is 0.0248. The van der Waals surface area contributed by atoms with E-state index in [1.165, 1.54) is 11.3 Å². The monoisotopic (exact) mass is 487 g/mol. The first kappa shape index (κ1) is 20.6. The quantitative estimate of drug-likeness (QED) is 0.514. The van der Waals surface area contributed by atoms with Gasteiger partial charge in [-0.1, -0.05) is 52.3 Å². The summed E-state index contributed by atoms with van der Waals surface area (Å²) in [4.78, 5) is 24.6. The number of benzene rings is 2. The summed E-state index contributed by atoms with van der Waals surface area (Å²) < 4.78 is 18.1. The van der Waals surface area contributed by atoms with Crippen molar-refractivity contribution in [1.29, 1.82) is 0 Å².